The average molecular weight is 167 g/mol. The van der Waals surface area contributed by atoms with Crippen LogP contribution in [0.3, 0.4) is 0 Å². The van der Waals surface area contributed by atoms with Crippen molar-refractivity contribution < 1.29 is 0 Å². The highest BCUT2D eigenvalue weighted by Crippen LogP contribution is 2.23. The van der Waals surface area contributed by atoms with Crippen molar-refractivity contribution in [3.05, 3.63) is 22.4 Å². The molecular formula is C8H7ClN2. The zero-order valence-electron chi connectivity index (χ0n) is 6.13. The lowest BCUT2D eigenvalue weighted by molar-refractivity contribution is 1.26. The standard InChI is InChI=1S/C8H7ClN2/c1-5-2-6-7(9)3-10-4-8(6)11-5/h2-3H,4H2,1H3. The molecular weight excluding hydrogens is 160 g/mol. The number of dihydropyridines is 1. The molecule has 2 aliphatic rings. The van der Waals surface area contributed by atoms with Gasteiger partial charge in [0.1, 0.15) is 0 Å². The largest absolute Gasteiger partial charge is 0.285 e. The van der Waals surface area contributed by atoms with E-state index in [-0.39, 0.29) is 0 Å². The predicted molar refractivity (Wildman–Crippen MR) is 47.4 cm³/mol. The van der Waals surface area contributed by atoms with Crippen molar-refractivity contribution in [2.45, 2.75) is 6.92 Å². The van der Waals surface area contributed by atoms with Gasteiger partial charge in [-0.3, -0.25) is 9.98 Å². The average Bonchev–Trinajstić information content (AvgIpc) is 2.31. The minimum Gasteiger partial charge on any atom is -0.285 e. The number of allylic oxidation sites excluding steroid dienone is 3. The molecule has 0 saturated heterocycles. The molecule has 2 heterocycles. The molecule has 3 heteroatoms. The molecule has 0 radical (unpaired) electrons. The zero-order valence-corrected chi connectivity index (χ0v) is 6.89. The monoisotopic (exact) mass is 166 g/mol. The Bertz CT molecular complexity index is 321. The molecule has 0 saturated carbocycles. The van der Waals surface area contributed by atoms with E-state index in [2.05, 4.69) is 9.98 Å². The Balaban J connectivity index is 2.53. The molecule has 0 aliphatic carbocycles. The van der Waals surface area contributed by atoms with Gasteiger partial charge in [0.2, 0.25) is 0 Å². The molecule has 2 aliphatic heterocycles. The maximum absolute atomic E-state index is 5.89. The van der Waals surface area contributed by atoms with Crippen LogP contribution in [0.25, 0.3) is 0 Å². The molecule has 0 unspecified atom stereocenters. The number of aliphatic imine (C=N–C) groups is 2. The highest BCUT2D eigenvalue weighted by Gasteiger charge is 2.17. The maximum atomic E-state index is 5.89. The van der Waals surface area contributed by atoms with E-state index in [1.807, 2.05) is 13.0 Å². The van der Waals surface area contributed by atoms with Crippen molar-refractivity contribution >= 4 is 23.5 Å². The second kappa shape index (κ2) is 2.31. The van der Waals surface area contributed by atoms with Gasteiger partial charge in [-0.1, -0.05) is 11.6 Å². The van der Waals surface area contributed by atoms with Crippen LogP contribution < -0.4 is 0 Å². The van der Waals surface area contributed by atoms with E-state index < -0.39 is 0 Å². The Morgan fingerprint density at radius 2 is 2.36 bits per heavy atom. The highest BCUT2D eigenvalue weighted by molar-refractivity contribution is 6.43. The topological polar surface area (TPSA) is 24.7 Å². The third-order valence-corrected chi connectivity index (χ3v) is 1.98. The fourth-order valence-electron chi connectivity index (χ4n) is 1.21. The summed E-state index contributed by atoms with van der Waals surface area (Å²) in [7, 11) is 0. The van der Waals surface area contributed by atoms with Crippen molar-refractivity contribution in [1.82, 2.24) is 0 Å². The van der Waals surface area contributed by atoms with Crippen LogP contribution in [0, 0.1) is 0 Å². The fraction of sp³-hybridized carbons (Fsp3) is 0.250. The number of rotatable bonds is 0. The Kier molecular flexibility index (Phi) is 1.43. The van der Waals surface area contributed by atoms with E-state index in [1.165, 1.54) is 0 Å². The molecule has 0 amide bonds. The third kappa shape index (κ3) is 1.03. The van der Waals surface area contributed by atoms with Crippen LogP contribution in [0.1, 0.15) is 6.92 Å². The van der Waals surface area contributed by atoms with Gasteiger partial charge < -0.3 is 0 Å². The van der Waals surface area contributed by atoms with Crippen molar-refractivity contribution in [2.24, 2.45) is 9.98 Å². The van der Waals surface area contributed by atoms with Gasteiger partial charge in [-0.2, -0.15) is 0 Å². The van der Waals surface area contributed by atoms with Crippen LogP contribution in [-0.2, 0) is 0 Å². The van der Waals surface area contributed by atoms with Crippen molar-refractivity contribution in [3.8, 4) is 0 Å². The number of hydrogen-bond donors (Lipinski definition) is 0. The fourth-order valence-corrected chi connectivity index (χ4v) is 1.44. The summed E-state index contributed by atoms with van der Waals surface area (Å²) in [6.45, 7) is 2.63. The number of halogens is 1. The summed E-state index contributed by atoms with van der Waals surface area (Å²) >= 11 is 5.89. The third-order valence-electron chi connectivity index (χ3n) is 1.68. The second-order valence-electron chi connectivity index (χ2n) is 2.58. The van der Waals surface area contributed by atoms with E-state index in [0.29, 0.717) is 11.6 Å². The molecule has 0 N–H and O–H groups in total. The molecule has 0 aromatic carbocycles. The summed E-state index contributed by atoms with van der Waals surface area (Å²) in [5.41, 5.74) is 3.05. The number of hydrogen-bond acceptors (Lipinski definition) is 2. The van der Waals surface area contributed by atoms with Crippen LogP contribution in [0.15, 0.2) is 32.4 Å². The number of fused-ring (bicyclic) bond motifs is 1. The lowest BCUT2D eigenvalue weighted by atomic mass is 10.1. The van der Waals surface area contributed by atoms with Crippen LogP contribution in [0.5, 0.6) is 0 Å². The molecule has 0 fully saturated rings. The lowest BCUT2D eigenvalue weighted by Gasteiger charge is -2.04. The van der Waals surface area contributed by atoms with E-state index in [1.54, 1.807) is 6.21 Å². The van der Waals surface area contributed by atoms with E-state index >= 15 is 0 Å². The van der Waals surface area contributed by atoms with E-state index in [0.717, 1.165) is 17.0 Å². The van der Waals surface area contributed by atoms with Crippen molar-refractivity contribution in [3.63, 3.8) is 0 Å². The minimum absolute atomic E-state index is 0.666. The highest BCUT2D eigenvalue weighted by atomic mass is 35.5. The van der Waals surface area contributed by atoms with Gasteiger partial charge in [-0.15, -0.1) is 0 Å². The first-order valence-corrected chi connectivity index (χ1v) is 3.81. The van der Waals surface area contributed by atoms with Gasteiger partial charge in [0, 0.05) is 17.5 Å². The Morgan fingerprint density at radius 3 is 3.09 bits per heavy atom. The molecule has 0 aromatic rings. The van der Waals surface area contributed by atoms with Crippen LogP contribution >= 0.6 is 11.6 Å². The molecule has 2 nitrogen and oxygen atoms in total. The minimum atomic E-state index is 0.666. The summed E-state index contributed by atoms with van der Waals surface area (Å²) in [6.07, 6.45) is 3.67. The first-order chi connectivity index (χ1) is 5.27. The Morgan fingerprint density at radius 1 is 1.55 bits per heavy atom. The van der Waals surface area contributed by atoms with Gasteiger partial charge in [0.25, 0.3) is 0 Å². The summed E-state index contributed by atoms with van der Waals surface area (Å²) in [5, 5.41) is 0.701. The Hall–Kier alpha value is -0.890. The van der Waals surface area contributed by atoms with E-state index in [9.17, 15) is 0 Å². The maximum Gasteiger partial charge on any atom is 0.0819 e. The molecule has 0 bridgehead atoms. The summed E-state index contributed by atoms with van der Waals surface area (Å²) in [4.78, 5) is 8.34. The SMILES string of the molecule is CC1=CC2=C(Cl)C=NCC2=N1. The van der Waals surface area contributed by atoms with Gasteiger partial charge in [-0.05, 0) is 13.0 Å². The first-order valence-electron chi connectivity index (χ1n) is 3.43. The summed E-state index contributed by atoms with van der Waals surface area (Å²) < 4.78 is 0. The Labute approximate surface area is 70.0 Å². The van der Waals surface area contributed by atoms with Crippen molar-refractivity contribution in [2.75, 3.05) is 6.54 Å². The van der Waals surface area contributed by atoms with Gasteiger partial charge in [0.15, 0.2) is 0 Å². The second-order valence-corrected chi connectivity index (χ2v) is 2.98. The molecule has 2 rings (SSSR count). The molecule has 56 valence electrons. The summed E-state index contributed by atoms with van der Waals surface area (Å²) in [6, 6.07) is 0. The quantitative estimate of drug-likeness (QED) is 0.526. The molecule has 0 aromatic heterocycles. The first kappa shape index (κ1) is 6.80. The summed E-state index contributed by atoms with van der Waals surface area (Å²) in [5.74, 6) is 0. The molecule has 0 spiro atoms. The number of nitrogens with zero attached hydrogens (tertiary/aromatic N) is 2. The van der Waals surface area contributed by atoms with Crippen LogP contribution in [0.2, 0.25) is 0 Å². The lowest BCUT2D eigenvalue weighted by Crippen LogP contribution is -2.09. The van der Waals surface area contributed by atoms with E-state index in [4.69, 9.17) is 11.6 Å². The van der Waals surface area contributed by atoms with Crippen molar-refractivity contribution in [1.29, 1.82) is 0 Å². The zero-order chi connectivity index (χ0) is 7.84. The van der Waals surface area contributed by atoms with Gasteiger partial charge >= 0.3 is 0 Å². The van der Waals surface area contributed by atoms with Crippen LogP contribution in [-0.4, -0.2) is 18.5 Å². The normalized spacial score (nSPS) is 21.6. The van der Waals surface area contributed by atoms with Crippen LogP contribution in [0.4, 0.5) is 0 Å². The molecule has 11 heavy (non-hydrogen) atoms. The molecule has 0 atom stereocenters. The smallest absolute Gasteiger partial charge is 0.0819 e. The van der Waals surface area contributed by atoms with Gasteiger partial charge in [-0.25, -0.2) is 0 Å². The predicted octanol–water partition coefficient (Wildman–Crippen LogP) is 1.92. The van der Waals surface area contributed by atoms with Gasteiger partial charge in [0.05, 0.1) is 17.3 Å².